The molecular weight excluding hydrogens is 248 g/mol. The summed E-state index contributed by atoms with van der Waals surface area (Å²) in [7, 11) is 0. The number of hydrogen-bond acceptors (Lipinski definition) is 3. The first-order chi connectivity index (χ1) is 8.61. The fourth-order valence-corrected chi connectivity index (χ4v) is 3.24. The highest BCUT2D eigenvalue weighted by molar-refractivity contribution is 7.99. The minimum atomic E-state index is -0.791. The van der Waals surface area contributed by atoms with Gasteiger partial charge in [-0.1, -0.05) is 13.0 Å². The van der Waals surface area contributed by atoms with E-state index < -0.39 is 5.97 Å². The molecule has 1 heterocycles. The average molecular weight is 264 g/mol. The van der Waals surface area contributed by atoms with Crippen molar-refractivity contribution in [2.24, 2.45) is 0 Å². The Bertz CT molecular complexity index is 482. The normalized spacial score (nSPS) is 16.2. The van der Waals surface area contributed by atoms with Crippen molar-refractivity contribution in [2.75, 3.05) is 5.75 Å². The lowest BCUT2D eigenvalue weighted by atomic mass is 9.91. The maximum Gasteiger partial charge on any atom is 0.303 e. The first-order valence-electron chi connectivity index (χ1n) is 6.13. The van der Waals surface area contributed by atoms with Gasteiger partial charge in [-0.25, -0.2) is 0 Å². The van der Waals surface area contributed by atoms with Gasteiger partial charge in [0.25, 0.3) is 0 Å². The van der Waals surface area contributed by atoms with Gasteiger partial charge in [0.15, 0.2) is 5.78 Å². The Balaban J connectivity index is 2.31. The minimum absolute atomic E-state index is 0.00692. The molecule has 0 aromatic heterocycles. The summed E-state index contributed by atoms with van der Waals surface area (Å²) in [5, 5.41) is 8.90. The molecule has 1 N–H and O–H groups in total. The van der Waals surface area contributed by atoms with E-state index in [9.17, 15) is 9.59 Å². The van der Waals surface area contributed by atoms with Gasteiger partial charge in [-0.2, -0.15) is 0 Å². The summed E-state index contributed by atoms with van der Waals surface area (Å²) in [6.07, 6.45) is 1.47. The number of carboxylic acid groups (broad SMARTS) is 1. The lowest BCUT2D eigenvalue weighted by molar-refractivity contribution is -0.137. The van der Waals surface area contributed by atoms with Gasteiger partial charge in [0.1, 0.15) is 0 Å². The number of carbonyl (C=O) groups excluding carboxylic acids is 1. The first-order valence-corrected chi connectivity index (χ1v) is 7.12. The molecule has 0 saturated carbocycles. The number of rotatable bonds is 4. The molecule has 0 bridgehead atoms. The van der Waals surface area contributed by atoms with Gasteiger partial charge < -0.3 is 5.11 Å². The lowest BCUT2D eigenvalue weighted by Gasteiger charge is -2.18. The van der Waals surface area contributed by atoms with E-state index in [0.717, 1.165) is 28.2 Å². The number of aliphatic carboxylic acids is 1. The fourth-order valence-electron chi connectivity index (χ4n) is 2.24. The Morgan fingerprint density at radius 3 is 2.94 bits per heavy atom. The second kappa shape index (κ2) is 5.57. The highest BCUT2D eigenvalue weighted by Gasteiger charge is 2.20. The third-order valence-corrected chi connectivity index (χ3v) is 4.35. The van der Waals surface area contributed by atoms with E-state index in [-0.39, 0.29) is 18.1 Å². The summed E-state index contributed by atoms with van der Waals surface area (Å²) in [4.78, 5) is 23.7. The molecular formula is C14H16O3S. The molecule has 1 aromatic rings. The maximum atomic E-state index is 11.8. The number of carbonyl (C=O) groups is 2. The van der Waals surface area contributed by atoms with Gasteiger partial charge in [-0.05, 0) is 30.0 Å². The minimum Gasteiger partial charge on any atom is -0.481 e. The van der Waals surface area contributed by atoms with Crippen molar-refractivity contribution >= 4 is 23.5 Å². The Morgan fingerprint density at radius 1 is 1.50 bits per heavy atom. The van der Waals surface area contributed by atoms with E-state index in [4.69, 9.17) is 5.11 Å². The number of carboxylic acids is 1. The molecule has 0 amide bonds. The van der Waals surface area contributed by atoms with Crippen LogP contribution in [0.5, 0.6) is 0 Å². The van der Waals surface area contributed by atoms with Crippen LogP contribution >= 0.6 is 11.8 Å². The molecule has 0 fully saturated rings. The van der Waals surface area contributed by atoms with Crippen molar-refractivity contribution in [3.63, 3.8) is 0 Å². The highest BCUT2D eigenvalue weighted by atomic mass is 32.2. The number of fused-ring (bicyclic) bond motifs is 1. The predicted octanol–water partition coefficient (Wildman–Crippen LogP) is 3.33. The smallest absolute Gasteiger partial charge is 0.303 e. The van der Waals surface area contributed by atoms with Crippen LogP contribution in [0.15, 0.2) is 23.1 Å². The Labute approximate surface area is 111 Å². The third-order valence-electron chi connectivity index (χ3n) is 3.28. The number of ketones is 1. The van der Waals surface area contributed by atoms with E-state index in [1.807, 2.05) is 25.1 Å². The van der Waals surface area contributed by atoms with Crippen LogP contribution in [0.2, 0.25) is 0 Å². The van der Waals surface area contributed by atoms with Crippen LogP contribution in [-0.4, -0.2) is 22.6 Å². The van der Waals surface area contributed by atoms with Crippen molar-refractivity contribution in [3.8, 4) is 0 Å². The van der Waals surface area contributed by atoms with Gasteiger partial charge in [-0.3, -0.25) is 9.59 Å². The summed E-state index contributed by atoms with van der Waals surface area (Å²) in [6.45, 7) is 1.98. The molecule has 2 rings (SSSR count). The van der Waals surface area contributed by atoms with Crippen molar-refractivity contribution in [1.29, 1.82) is 0 Å². The quantitative estimate of drug-likeness (QED) is 0.906. The van der Waals surface area contributed by atoms with Crippen LogP contribution in [0.3, 0.4) is 0 Å². The largest absolute Gasteiger partial charge is 0.481 e. The van der Waals surface area contributed by atoms with Crippen LogP contribution in [0.25, 0.3) is 0 Å². The molecule has 0 radical (unpaired) electrons. The van der Waals surface area contributed by atoms with Crippen LogP contribution in [0, 0.1) is 0 Å². The van der Waals surface area contributed by atoms with Crippen LogP contribution in [0.1, 0.15) is 48.0 Å². The predicted molar refractivity (Wildman–Crippen MR) is 71.4 cm³/mol. The molecule has 0 spiro atoms. The second-order valence-corrected chi connectivity index (χ2v) is 5.62. The zero-order chi connectivity index (χ0) is 13.1. The Hall–Kier alpha value is -1.29. The zero-order valence-electron chi connectivity index (χ0n) is 10.3. The molecule has 1 atom stereocenters. The van der Waals surface area contributed by atoms with E-state index in [0.29, 0.717) is 6.42 Å². The fraction of sp³-hybridized carbons (Fsp3) is 0.429. The number of hydrogen-bond donors (Lipinski definition) is 1. The number of Topliss-reactive ketones (excluding diaryl/α,β-unsaturated/α-hetero) is 1. The van der Waals surface area contributed by atoms with Gasteiger partial charge in [-0.15, -0.1) is 11.8 Å². The number of benzene rings is 1. The Kier molecular flexibility index (Phi) is 4.07. The standard InChI is InChI=1S/C14H16O3S/c1-2-9(8-14(16)17)10-3-4-13-11(7-10)12(15)5-6-18-13/h3-4,7,9H,2,5-6,8H2,1H3,(H,16,17). The molecule has 1 aliphatic rings. The molecule has 18 heavy (non-hydrogen) atoms. The maximum absolute atomic E-state index is 11.8. The highest BCUT2D eigenvalue weighted by Crippen LogP contribution is 2.33. The topological polar surface area (TPSA) is 54.4 Å². The van der Waals surface area contributed by atoms with Crippen molar-refractivity contribution in [1.82, 2.24) is 0 Å². The van der Waals surface area contributed by atoms with Crippen LogP contribution in [-0.2, 0) is 4.79 Å². The first kappa shape index (κ1) is 13.1. The number of thioether (sulfide) groups is 1. The molecule has 96 valence electrons. The van der Waals surface area contributed by atoms with Gasteiger partial charge >= 0.3 is 5.97 Å². The van der Waals surface area contributed by atoms with Gasteiger partial charge in [0.05, 0.1) is 6.42 Å². The van der Waals surface area contributed by atoms with Gasteiger partial charge in [0, 0.05) is 22.6 Å². The summed E-state index contributed by atoms with van der Waals surface area (Å²) >= 11 is 1.70. The third kappa shape index (κ3) is 2.75. The van der Waals surface area contributed by atoms with Crippen molar-refractivity contribution in [2.45, 2.75) is 37.0 Å². The lowest BCUT2D eigenvalue weighted by Crippen LogP contribution is -2.11. The molecule has 4 heteroatoms. The Morgan fingerprint density at radius 2 is 2.28 bits per heavy atom. The summed E-state index contributed by atoms with van der Waals surface area (Å²) in [5.74, 6) is 0.223. The monoisotopic (exact) mass is 264 g/mol. The van der Waals surface area contributed by atoms with Crippen LogP contribution < -0.4 is 0 Å². The SMILES string of the molecule is CCC(CC(=O)O)c1ccc2c(c1)C(=O)CCS2. The molecule has 0 saturated heterocycles. The van der Waals surface area contributed by atoms with Crippen molar-refractivity contribution < 1.29 is 14.7 Å². The summed E-state index contributed by atoms with van der Waals surface area (Å²) < 4.78 is 0. The zero-order valence-corrected chi connectivity index (χ0v) is 11.1. The second-order valence-electron chi connectivity index (χ2n) is 4.48. The van der Waals surface area contributed by atoms with E-state index in [1.165, 1.54) is 0 Å². The molecule has 1 aliphatic heterocycles. The van der Waals surface area contributed by atoms with E-state index in [1.54, 1.807) is 11.8 Å². The van der Waals surface area contributed by atoms with E-state index in [2.05, 4.69) is 0 Å². The molecule has 1 aromatic carbocycles. The van der Waals surface area contributed by atoms with E-state index >= 15 is 0 Å². The van der Waals surface area contributed by atoms with Crippen LogP contribution in [0.4, 0.5) is 0 Å². The molecule has 1 unspecified atom stereocenters. The average Bonchev–Trinajstić information content (AvgIpc) is 2.36. The summed E-state index contributed by atoms with van der Waals surface area (Å²) in [6, 6.07) is 5.80. The van der Waals surface area contributed by atoms with Gasteiger partial charge in [0.2, 0.25) is 0 Å². The molecule has 3 nitrogen and oxygen atoms in total. The summed E-state index contributed by atoms with van der Waals surface area (Å²) in [5.41, 5.74) is 1.74. The van der Waals surface area contributed by atoms with Crippen molar-refractivity contribution in [3.05, 3.63) is 29.3 Å². The molecule has 0 aliphatic carbocycles.